The van der Waals surface area contributed by atoms with Crippen molar-refractivity contribution < 1.29 is 90.2 Å². The van der Waals surface area contributed by atoms with Crippen LogP contribution in [0, 0.1) is 11.8 Å². The number of alkyl halides is 2. The molecule has 2 heterocycles. The molecule has 2 saturated carbocycles. The third-order valence-corrected chi connectivity index (χ3v) is 16.5. The summed E-state index contributed by atoms with van der Waals surface area (Å²) in [5.74, 6) is -7.89. The summed E-state index contributed by atoms with van der Waals surface area (Å²) in [6.07, 6.45) is 0.614. The molecule has 4 fully saturated rings. The number of carboxylic acids is 1. The first-order valence-corrected chi connectivity index (χ1v) is 30.7. The van der Waals surface area contributed by atoms with Crippen LogP contribution in [0.2, 0.25) is 0 Å². The van der Waals surface area contributed by atoms with Gasteiger partial charge in [-0.3, -0.25) is 19.3 Å². The molecule has 4 aliphatic rings. The second-order valence-corrected chi connectivity index (χ2v) is 26.4. The van der Waals surface area contributed by atoms with Crippen LogP contribution in [0.4, 0.5) is 13.6 Å². The van der Waals surface area contributed by atoms with E-state index in [2.05, 4.69) is 0 Å². The van der Waals surface area contributed by atoms with E-state index in [9.17, 15) is 48.3 Å². The highest BCUT2D eigenvalue weighted by molar-refractivity contribution is 5.93. The van der Waals surface area contributed by atoms with Gasteiger partial charge < -0.3 is 53.0 Å². The molecule has 6 atom stereocenters. The van der Waals surface area contributed by atoms with Crippen LogP contribution >= 0.6 is 0 Å². The van der Waals surface area contributed by atoms with Crippen LogP contribution in [-0.4, -0.2) is 200 Å². The number of aliphatic carboxylic acids is 1. The lowest BCUT2D eigenvalue weighted by Gasteiger charge is -2.34. The Bertz CT molecular complexity index is 2720. The van der Waals surface area contributed by atoms with Crippen molar-refractivity contribution >= 4 is 53.7 Å². The lowest BCUT2D eigenvalue weighted by molar-refractivity contribution is -0.172. The molecule has 2 aliphatic heterocycles. The molecule has 0 radical (unpaired) electrons. The van der Waals surface area contributed by atoms with Gasteiger partial charge in [-0.1, -0.05) is 74.2 Å². The van der Waals surface area contributed by atoms with Gasteiger partial charge >= 0.3 is 35.9 Å². The predicted octanol–water partition coefficient (Wildman–Crippen LogP) is 7.85. The van der Waals surface area contributed by atoms with Crippen molar-refractivity contribution in [3.05, 3.63) is 70.8 Å². The molecule has 1 N–H and O–H groups in total. The Hall–Kier alpha value is -6.75. The first-order valence-electron chi connectivity index (χ1n) is 30.7. The molecule has 2 aromatic carbocycles. The Morgan fingerprint density at radius 1 is 0.511 bits per heavy atom. The van der Waals surface area contributed by atoms with E-state index in [0.29, 0.717) is 50.4 Å². The summed E-state index contributed by atoms with van der Waals surface area (Å²) >= 11 is 0. The van der Waals surface area contributed by atoms with E-state index in [1.54, 1.807) is 45.0 Å². The van der Waals surface area contributed by atoms with Crippen LogP contribution in [0.3, 0.4) is 0 Å². The first kappa shape index (κ1) is 70.3. The minimum absolute atomic E-state index is 0.0338. The number of halogens is 2. The van der Waals surface area contributed by atoms with Crippen LogP contribution in [0.25, 0.3) is 0 Å². The van der Waals surface area contributed by atoms with Crippen molar-refractivity contribution in [1.82, 2.24) is 19.6 Å². The molecule has 488 valence electrons. The van der Waals surface area contributed by atoms with Gasteiger partial charge in [0, 0.05) is 80.3 Å². The first-order chi connectivity index (χ1) is 41.3. The molecule has 0 aromatic heterocycles. The number of carboxylic acid groups (broad SMARTS) is 1. The summed E-state index contributed by atoms with van der Waals surface area (Å²) in [6, 6.07) is 8.95. The van der Waals surface area contributed by atoms with Crippen LogP contribution in [0.5, 0.6) is 0 Å². The van der Waals surface area contributed by atoms with Crippen LogP contribution in [-0.2, 0) is 84.4 Å². The number of nitrogens with zero attached hydrogens (tertiary/aromatic N) is 4. The van der Waals surface area contributed by atoms with Gasteiger partial charge in [-0.15, -0.1) is 0 Å². The average Bonchev–Trinajstić information content (AvgIpc) is 3.17. The maximum atomic E-state index is 15.9. The Morgan fingerprint density at radius 3 is 1.22 bits per heavy atom. The van der Waals surface area contributed by atoms with Crippen molar-refractivity contribution in [3.8, 4) is 0 Å². The van der Waals surface area contributed by atoms with E-state index >= 15 is 8.78 Å². The van der Waals surface area contributed by atoms with E-state index in [1.165, 1.54) is 55.9 Å². The van der Waals surface area contributed by atoms with Crippen LogP contribution < -0.4 is 0 Å². The molecule has 88 heavy (non-hydrogen) atoms. The number of hydrogen-bond acceptors (Lipinski definition) is 16. The highest BCUT2D eigenvalue weighted by atomic mass is 19.1. The zero-order valence-corrected chi connectivity index (χ0v) is 53.1. The largest absolute Gasteiger partial charge is 0.479 e. The van der Waals surface area contributed by atoms with Crippen LogP contribution in [0.15, 0.2) is 48.5 Å². The molecule has 0 spiro atoms. The van der Waals surface area contributed by atoms with E-state index in [1.807, 2.05) is 24.3 Å². The summed E-state index contributed by atoms with van der Waals surface area (Å²) in [6.45, 7) is 10.2. The molecule has 4 amide bonds. The lowest BCUT2D eigenvalue weighted by Crippen LogP contribution is -2.53. The van der Waals surface area contributed by atoms with Crippen molar-refractivity contribution in [2.24, 2.45) is 11.8 Å². The quantitative estimate of drug-likeness (QED) is 0.0577. The number of carbonyl (C=O) groups excluding carboxylic acids is 8. The normalized spacial score (nSPS) is 18.0. The SMILES string of the molecule is CN(C(=O)COC(=O)[C@H](CC1CC1)N(C)C(=O)[C@@H](Cc1ccc(C2CCOCC2)cc1)OC(=O)[C@H](CC(C)(C)F)N(C)C(=O)OC(C)(C)C)[C@@H](CC(C)(C)F)C(=O)O[C@H](Cc1ccc(C2CCOCC2)cc1)C(=O)N(C)[C@@H](CC1CC1)C(=O)OCC(=O)O. The summed E-state index contributed by atoms with van der Waals surface area (Å²) in [4.78, 5) is 129. The van der Waals surface area contributed by atoms with E-state index in [4.69, 9.17) is 33.2 Å². The van der Waals surface area contributed by atoms with Gasteiger partial charge in [-0.05, 0) is 133 Å². The Labute approximate surface area is 515 Å². The molecule has 2 saturated heterocycles. The lowest BCUT2D eigenvalue weighted by atomic mass is 9.90. The smallest absolute Gasteiger partial charge is 0.410 e. The van der Waals surface area contributed by atoms with E-state index < -0.39 is 133 Å². The van der Waals surface area contributed by atoms with Crippen molar-refractivity contribution in [2.45, 2.75) is 204 Å². The molecule has 6 rings (SSSR count). The number of ether oxygens (including phenoxy) is 7. The molecule has 23 heteroatoms. The summed E-state index contributed by atoms with van der Waals surface area (Å²) in [5, 5.41) is 9.27. The molecule has 21 nitrogen and oxygen atoms in total. The van der Waals surface area contributed by atoms with Gasteiger partial charge in [-0.2, -0.15) is 0 Å². The van der Waals surface area contributed by atoms with Gasteiger partial charge in [0.2, 0.25) is 0 Å². The van der Waals surface area contributed by atoms with Crippen molar-refractivity contribution in [2.75, 3.05) is 67.8 Å². The van der Waals surface area contributed by atoms with Gasteiger partial charge in [0.05, 0.1) is 0 Å². The average molecular weight is 1240 g/mol. The summed E-state index contributed by atoms with van der Waals surface area (Å²) in [5.41, 5.74) is -1.89. The van der Waals surface area contributed by atoms with Gasteiger partial charge in [-0.25, -0.2) is 37.5 Å². The van der Waals surface area contributed by atoms with Crippen molar-refractivity contribution in [3.63, 3.8) is 0 Å². The number of hydrogen-bond donors (Lipinski definition) is 1. The topological polar surface area (TPSA) is 251 Å². The number of carbonyl (C=O) groups is 9. The molecule has 2 aromatic rings. The highest BCUT2D eigenvalue weighted by Gasteiger charge is 2.44. The second-order valence-electron chi connectivity index (χ2n) is 26.4. The zero-order valence-electron chi connectivity index (χ0n) is 53.1. The number of rotatable bonds is 30. The van der Waals surface area contributed by atoms with Gasteiger partial charge in [0.1, 0.15) is 41.1 Å². The monoisotopic (exact) mass is 1240 g/mol. The number of esters is 4. The molecular formula is C65H92F2N4O17. The third kappa shape index (κ3) is 22.1. The van der Waals surface area contributed by atoms with E-state index in [-0.39, 0.29) is 49.4 Å². The Kier molecular flexibility index (Phi) is 24.9. The van der Waals surface area contributed by atoms with Crippen LogP contribution in [0.1, 0.15) is 160 Å². The standard InChI is InChI=1S/C65H92F2N4O17/c1-63(2,3)88-62(81)71(11)51(37-65(6,7)67)61(80)87-53(35-43-18-22-45(23-19-43)47-26-30-83-31-27-47)57(76)69(9)48(32-40-12-13-40)58(77)84-38-54(72)68(8)50(36-64(4,5)66)60(79)86-52(34-42-16-20-44(21-17-42)46-24-28-82-29-25-46)56(75)70(10)49(33-41-14-15-41)59(78)85-39-55(73)74/h16-23,40-41,46-53H,12-15,24-39H2,1-11H3,(H,73,74)/t48-,49-,50-,51-,52+,53+/m0/s1. The van der Waals surface area contributed by atoms with E-state index in [0.717, 1.165) is 69.3 Å². The molecule has 2 aliphatic carbocycles. The van der Waals surface area contributed by atoms with Crippen molar-refractivity contribution in [1.29, 1.82) is 0 Å². The fourth-order valence-corrected chi connectivity index (χ4v) is 10.9. The third-order valence-electron chi connectivity index (χ3n) is 16.5. The maximum absolute atomic E-state index is 15.9. The van der Waals surface area contributed by atoms with Gasteiger partial charge in [0.15, 0.2) is 25.4 Å². The molecule has 0 bridgehead atoms. The second kappa shape index (κ2) is 31.1. The Morgan fingerprint density at radius 2 is 0.875 bits per heavy atom. The predicted molar refractivity (Wildman–Crippen MR) is 317 cm³/mol. The maximum Gasteiger partial charge on any atom is 0.410 e. The fourth-order valence-electron chi connectivity index (χ4n) is 10.9. The number of benzene rings is 2. The Balaban J connectivity index is 1.23. The summed E-state index contributed by atoms with van der Waals surface area (Å²) in [7, 11) is 5.09. The number of likely N-dealkylation sites (N-methyl/N-ethyl adjacent to an activating group) is 4. The fraction of sp³-hybridized carbons (Fsp3) is 0.677. The van der Waals surface area contributed by atoms with Gasteiger partial charge in [0.25, 0.3) is 17.7 Å². The zero-order chi connectivity index (χ0) is 64.8. The highest BCUT2D eigenvalue weighted by Crippen LogP contribution is 2.37. The summed E-state index contributed by atoms with van der Waals surface area (Å²) < 4.78 is 70.7. The molecule has 0 unspecified atom stereocenters. The minimum atomic E-state index is -2.13. The molecular weight excluding hydrogens is 1150 g/mol. The minimum Gasteiger partial charge on any atom is -0.479 e. The number of amides is 4.